The van der Waals surface area contributed by atoms with E-state index in [1.807, 2.05) is 38.1 Å². The number of rotatable bonds is 7. The standard InChI is InChI=1S/C20H21N5O3/c1-13(2)28-17-6-4-5-14(11-17)12-21-24-20-22-19(26)18(23-25-20)15-7-9-16(27-3)10-8-15/h4-13H,1-3H3,(H2,22,24,25,26)/b21-12+. The number of methoxy groups -OCH3 is 1. The molecule has 3 rings (SSSR count). The van der Waals surface area contributed by atoms with Gasteiger partial charge in [-0.05, 0) is 55.8 Å². The van der Waals surface area contributed by atoms with E-state index in [0.717, 1.165) is 11.3 Å². The maximum Gasteiger partial charge on any atom is 0.279 e. The molecule has 8 nitrogen and oxygen atoms in total. The van der Waals surface area contributed by atoms with Crippen LogP contribution in [0.25, 0.3) is 11.3 Å². The lowest BCUT2D eigenvalue weighted by Gasteiger charge is -2.09. The fourth-order valence-electron chi connectivity index (χ4n) is 2.43. The summed E-state index contributed by atoms with van der Waals surface area (Å²) >= 11 is 0. The number of benzene rings is 2. The third-order valence-corrected chi connectivity index (χ3v) is 3.67. The van der Waals surface area contributed by atoms with E-state index in [-0.39, 0.29) is 23.3 Å². The zero-order valence-corrected chi connectivity index (χ0v) is 15.8. The second kappa shape index (κ2) is 8.81. The first-order chi connectivity index (χ1) is 13.5. The first-order valence-electron chi connectivity index (χ1n) is 8.72. The molecule has 144 valence electrons. The summed E-state index contributed by atoms with van der Waals surface area (Å²) in [6.07, 6.45) is 1.69. The predicted molar refractivity (Wildman–Crippen MR) is 108 cm³/mol. The molecule has 1 aromatic heterocycles. The molecule has 0 atom stereocenters. The van der Waals surface area contributed by atoms with Gasteiger partial charge in [-0.2, -0.15) is 5.10 Å². The lowest BCUT2D eigenvalue weighted by molar-refractivity contribution is 0.242. The smallest absolute Gasteiger partial charge is 0.279 e. The minimum absolute atomic E-state index is 0.0925. The minimum Gasteiger partial charge on any atom is -0.497 e. The summed E-state index contributed by atoms with van der Waals surface area (Å²) in [6.45, 7) is 3.93. The van der Waals surface area contributed by atoms with Gasteiger partial charge in [-0.3, -0.25) is 9.78 Å². The Morgan fingerprint density at radius 2 is 1.89 bits per heavy atom. The second-order valence-electron chi connectivity index (χ2n) is 6.19. The number of ether oxygens (including phenoxy) is 2. The van der Waals surface area contributed by atoms with Gasteiger partial charge >= 0.3 is 0 Å². The number of nitrogens with one attached hydrogen (secondary N) is 2. The van der Waals surface area contributed by atoms with E-state index < -0.39 is 0 Å². The van der Waals surface area contributed by atoms with Gasteiger partial charge in [-0.15, -0.1) is 10.2 Å². The molecule has 0 fully saturated rings. The van der Waals surface area contributed by atoms with E-state index in [4.69, 9.17) is 9.47 Å². The lowest BCUT2D eigenvalue weighted by atomic mass is 10.1. The van der Waals surface area contributed by atoms with Crippen molar-refractivity contribution in [3.63, 3.8) is 0 Å². The van der Waals surface area contributed by atoms with Crippen LogP contribution in [-0.2, 0) is 0 Å². The molecule has 0 unspecified atom stereocenters. The average Bonchev–Trinajstić information content (AvgIpc) is 2.68. The molecular weight excluding hydrogens is 358 g/mol. The normalized spacial score (nSPS) is 11.0. The van der Waals surface area contributed by atoms with Crippen LogP contribution in [0.15, 0.2) is 58.4 Å². The highest BCUT2D eigenvalue weighted by atomic mass is 16.5. The van der Waals surface area contributed by atoms with Crippen molar-refractivity contribution in [1.29, 1.82) is 0 Å². The largest absolute Gasteiger partial charge is 0.497 e. The van der Waals surface area contributed by atoms with Gasteiger partial charge in [0.2, 0.25) is 5.95 Å². The van der Waals surface area contributed by atoms with Crippen LogP contribution in [0.3, 0.4) is 0 Å². The highest BCUT2D eigenvalue weighted by molar-refractivity contribution is 5.80. The molecule has 0 radical (unpaired) electrons. The van der Waals surface area contributed by atoms with Crippen molar-refractivity contribution in [2.45, 2.75) is 20.0 Å². The maximum absolute atomic E-state index is 12.3. The first kappa shape index (κ1) is 19.1. The van der Waals surface area contributed by atoms with E-state index >= 15 is 0 Å². The van der Waals surface area contributed by atoms with Gasteiger partial charge in [0.15, 0.2) is 5.69 Å². The van der Waals surface area contributed by atoms with E-state index in [1.165, 1.54) is 0 Å². The summed E-state index contributed by atoms with van der Waals surface area (Å²) in [5.41, 5.74) is 4.01. The summed E-state index contributed by atoms with van der Waals surface area (Å²) in [5, 5.41) is 12.0. The molecule has 0 saturated carbocycles. The molecule has 0 spiro atoms. The third kappa shape index (κ3) is 4.94. The number of hydrogen-bond acceptors (Lipinski definition) is 7. The van der Waals surface area contributed by atoms with Crippen LogP contribution in [0, 0.1) is 0 Å². The first-order valence-corrected chi connectivity index (χ1v) is 8.72. The van der Waals surface area contributed by atoms with Gasteiger partial charge in [0.25, 0.3) is 5.56 Å². The molecular formula is C20H21N5O3. The van der Waals surface area contributed by atoms with Crippen LogP contribution in [-0.4, -0.2) is 34.6 Å². The maximum atomic E-state index is 12.3. The van der Waals surface area contributed by atoms with Crippen LogP contribution in [0.5, 0.6) is 11.5 Å². The Kier molecular flexibility index (Phi) is 6.01. The van der Waals surface area contributed by atoms with Crippen LogP contribution < -0.4 is 20.5 Å². The number of aromatic amines is 1. The molecule has 1 heterocycles. The lowest BCUT2D eigenvalue weighted by Crippen LogP contribution is -2.15. The number of H-pyrrole nitrogens is 1. The average molecular weight is 379 g/mol. The molecule has 2 aromatic carbocycles. The summed E-state index contributed by atoms with van der Waals surface area (Å²) < 4.78 is 10.8. The molecule has 0 aliphatic carbocycles. The highest BCUT2D eigenvalue weighted by Crippen LogP contribution is 2.17. The highest BCUT2D eigenvalue weighted by Gasteiger charge is 2.07. The number of hydrogen-bond donors (Lipinski definition) is 2. The Balaban J connectivity index is 1.69. The predicted octanol–water partition coefficient (Wildman–Crippen LogP) is 3.07. The Hall–Kier alpha value is -3.68. The Morgan fingerprint density at radius 1 is 1.11 bits per heavy atom. The van der Waals surface area contributed by atoms with Gasteiger partial charge in [0.05, 0.1) is 19.4 Å². The van der Waals surface area contributed by atoms with Gasteiger partial charge in [-0.25, -0.2) is 5.43 Å². The fourth-order valence-corrected chi connectivity index (χ4v) is 2.43. The summed E-state index contributed by atoms with van der Waals surface area (Å²) in [6, 6.07) is 14.5. The number of nitrogens with zero attached hydrogens (tertiary/aromatic N) is 3. The van der Waals surface area contributed by atoms with Crippen molar-refractivity contribution in [3.05, 3.63) is 64.4 Å². The molecule has 3 aromatic rings. The van der Waals surface area contributed by atoms with Crippen LogP contribution in [0.2, 0.25) is 0 Å². The Morgan fingerprint density at radius 3 is 2.57 bits per heavy atom. The quantitative estimate of drug-likeness (QED) is 0.483. The topological polar surface area (TPSA) is 101 Å². The molecule has 0 aliphatic rings. The van der Waals surface area contributed by atoms with E-state index in [1.54, 1.807) is 37.6 Å². The van der Waals surface area contributed by atoms with Crippen LogP contribution >= 0.6 is 0 Å². The van der Waals surface area contributed by atoms with Crippen LogP contribution in [0.1, 0.15) is 19.4 Å². The van der Waals surface area contributed by atoms with E-state index in [2.05, 4.69) is 25.7 Å². The number of hydrazone groups is 1. The monoisotopic (exact) mass is 379 g/mol. The summed E-state index contributed by atoms with van der Waals surface area (Å²) in [5.74, 6) is 1.60. The SMILES string of the molecule is COc1ccc(-c2nnc(N/N=C/c3cccc(OC(C)C)c3)[nH]c2=O)cc1. The molecule has 8 heteroatoms. The molecule has 0 saturated heterocycles. The summed E-state index contributed by atoms with van der Waals surface area (Å²) in [7, 11) is 1.58. The molecule has 28 heavy (non-hydrogen) atoms. The van der Waals surface area contributed by atoms with Crippen molar-refractivity contribution in [2.24, 2.45) is 5.10 Å². The Labute approximate surface area is 162 Å². The van der Waals surface area contributed by atoms with E-state index in [0.29, 0.717) is 11.3 Å². The molecule has 0 bridgehead atoms. The zero-order chi connectivity index (χ0) is 19.9. The van der Waals surface area contributed by atoms with Gasteiger partial charge in [-0.1, -0.05) is 12.1 Å². The molecule has 0 aliphatic heterocycles. The number of anilines is 1. The van der Waals surface area contributed by atoms with Crippen molar-refractivity contribution in [3.8, 4) is 22.8 Å². The van der Waals surface area contributed by atoms with E-state index in [9.17, 15) is 4.79 Å². The number of aromatic nitrogens is 3. The van der Waals surface area contributed by atoms with Gasteiger partial charge < -0.3 is 9.47 Å². The fraction of sp³-hybridized carbons (Fsp3) is 0.200. The van der Waals surface area contributed by atoms with Crippen molar-refractivity contribution in [2.75, 3.05) is 12.5 Å². The van der Waals surface area contributed by atoms with Gasteiger partial charge in [0, 0.05) is 5.56 Å². The summed E-state index contributed by atoms with van der Waals surface area (Å²) in [4.78, 5) is 14.9. The van der Waals surface area contributed by atoms with Gasteiger partial charge in [0.1, 0.15) is 11.5 Å². The zero-order valence-electron chi connectivity index (χ0n) is 15.8. The van der Waals surface area contributed by atoms with Crippen molar-refractivity contribution >= 4 is 12.2 Å². The van der Waals surface area contributed by atoms with Crippen molar-refractivity contribution < 1.29 is 9.47 Å². The molecule has 2 N–H and O–H groups in total. The van der Waals surface area contributed by atoms with Crippen molar-refractivity contribution in [1.82, 2.24) is 15.2 Å². The Bertz CT molecular complexity index is 1010. The van der Waals surface area contributed by atoms with Crippen LogP contribution in [0.4, 0.5) is 5.95 Å². The third-order valence-electron chi connectivity index (χ3n) is 3.67. The second-order valence-corrected chi connectivity index (χ2v) is 6.19. The molecule has 0 amide bonds. The minimum atomic E-state index is -0.370.